The molecule has 1 aromatic heterocycles. The van der Waals surface area contributed by atoms with E-state index in [0.29, 0.717) is 24.0 Å². The van der Waals surface area contributed by atoms with Crippen molar-refractivity contribution >= 4 is 17.5 Å². The van der Waals surface area contributed by atoms with Crippen LogP contribution in [0.3, 0.4) is 0 Å². The van der Waals surface area contributed by atoms with Crippen molar-refractivity contribution in [1.82, 2.24) is 20.0 Å². The maximum Gasteiger partial charge on any atom is 0.220 e. The number of aryl methyl sites for hydroxylation is 1. The molecule has 0 radical (unpaired) electrons. The second kappa shape index (κ2) is 8.39. The average molecular weight is 313 g/mol. The molecule has 0 aliphatic carbocycles. The Labute approximate surface area is 131 Å². The Morgan fingerprint density at radius 2 is 2.38 bits per heavy atom. The SMILES string of the molecule is CN1CCCCC1CCC(=O)NCCCn1cc(Cl)cn1. The lowest BCUT2D eigenvalue weighted by Gasteiger charge is -2.32. The van der Waals surface area contributed by atoms with Gasteiger partial charge in [0.15, 0.2) is 0 Å². The van der Waals surface area contributed by atoms with Gasteiger partial charge in [-0.05, 0) is 39.3 Å². The zero-order valence-electron chi connectivity index (χ0n) is 12.7. The lowest BCUT2D eigenvalue weighted by molar-refractivity contribution is -0.121. The standard InChI is InChI=1S/C15H25ClN4O/c1-19-9-3-2-5-14(19)6-7-15(21)17-8-4-10-20-12-13(16)11-18-20/h11-12,14H,2-10H2,1H3,(H,17,21). The Hall–Kier alpha value is -1.07. The normalized spacial score (nSPS) is 19.6. The van der Waals surface area contributed by atoms with Crippen molar-refractivity contribution in [2.24, 2.45) is 0 Å². The topological polar surface area (TPSA) is 50.2 Å². The molecule has 1 saturated heterocycles. The van der Waals surface area contributed by atoms with Crippen molar-refractivity contribution in [2.75, 3.05) is 20.1 Å². The second-order valence-corrected chi connectivity index (χ2v) is 6.23. The van der Waals surface area contributed by atoms with E-state index < -0.39 is 0 Å². The van der Waals surface area contributed by atoms with Crippen LogP contribution in [0.25, 0.3) is 0 Å². The molecule has 1 aliphatic rings. The molecule has 5 nitrogen and oxygen atoms in total. The first-order chi connectivity index (χ1) is 10.1. The summed E-state index contributed by atoms with van der Waals surface area (Å²) in [5, 5.41) is 7.74. The van der Waals surface area contributed by atoms with Crippen LogP contribution in [0.2, 0.25) is 5.02 Å². The predicted octanol–water partition coefficient (Wildman–Crippen LogP) is 2.31. The number of rotatable bonds is 7. The van der Waals surface area contributed by atoms with Gasteiger partial charge in [-0.1, -0.05) is 18.0 Å². The van der Waals surface area contributed by atoms with Crippen LogP contribution in [0.4, 0.5) is 0 Å². The second-order valence-electron chi connectivity index (χ2n) is 5.79. The number of halogens is 1. The minimum absolute atomic E-state index is 0.160. The van der Waals surface area contributed by atoms with E-state index in [2.05, 4.69) is 22.4 Å². The van der Waals surface area contributed by atoms with Gasteiger partial charge in [0.2, 0.25) is 5.91 Å². The molecule has 1 atom stereocenters. The lowest BCUT2D eigenvalue weighted by Crippen LogP contribution is -2.37. The molecule has 0 bridgehead atoms. The molecule has 2 heterocycles. The van der Waals surface area contributed by atoms with E-state index in [4.69, 9.17) is 11.6 Å². The maximum atomic E-state index is 11.8. The molecule has 1 amide bonds. The summed E-state index contributed by atoms with van der Waals surface area (Å²) < 4.78 is 1.80. The first-order valence-corrected chi connectivity index (χ1v) is 8.18. The van der Waals surface area contributed by atoms with E-state index >= 15 is 0 Å². The van der Waals surface area contributed by atoms with E-state index in [-0.39, 0.29) is 5.91 Å². The summed E-state index contributed by atoms with van der Waals surface area (Å²) in [6, 6.07) is 0.579. The van der Waals surface area contributed by atoms with E-state index in [1.54, 1.807) is 17.1 Å². The summed E-state index contributed by atoms with van der Waals surface area (Å²) in [7, 11) is 2.16. The summed E-state index contributed by atoms with van der Waals surface area (Å²) in [5.41, 5.74) is 0. The van der Waals surface area contributed by atoms with Crippen LogP contribution in [0, 0.1) is 0 Å². The maximum absolute atomic E-state index is 11.8. The Balaban J connectivity index is 1.55. The largest absolute Gasteiger partial charge is 0.356 e. The van der Waals surface area contributed by atoms with Crippen LogP contribution >= 0.6 is 11.6 Å². The van der Waals surface area contributed by atoms with Crippen LogP contribution in [-0.4, -0.2) is 46.8 Å². The molecule has 2 rings (SSSR count). The zero-order chi connectivity index (χ0) is 15.1. The molecule has 1 fully saturated rings. The van der Waals surface area contributed by atoms with Gasteiger partial charge in [-0.3, -0.25) is 9.48 Å². The van der Waals surface area contributed by atoms with Crippen molar-refractivity contribution in [1.29, 1.82) is 0 Å². The first-order valence-electron chi connectivity index (χ1n) is 7.80. The van der Waals surface area contributed by atoms with Crippen LogP contribution in [0.1, 0.15) is 38.5 Å². The highest BCUT2D eigenvalue weighted by Crippen LogP contribution is 2.18. The fraction of sp³-hybridized carbons (Fsp3) is 0.733. The Bertz CT molecular complexity index is 449. The summed E-state index contributed by atoms with van der Waals surface area (Å²) >= 11 is 5.79. The number of hydrogen-bond donors (Lipinski definition) is 1. The third-order valence-corrected chi connectivity index (χ3v) is 4.31. The first kappa shape index (κ1) is 16.3. The lowest BCUT2D eigenvalue weighted by atomic mass is 9.98. The van der Waals surface area contributed by atoms with Crippen LogP contribution < -0.4 is 5.32 Å². The highest BCUT2D eigenvalue weighted by molar-refractivity contribution is 6.30. The van der Waals surface area contributed by atoms with Gasteiger partial charge < -0.3 is 10.2 Å². The van der Waals surface area contributed by atoms with Gasteiger partial charge in [0.1, 0.15) is 0 Å². The number of aromatic nitrogens is 2. The number of carbonyl (C=O) groups is 1. The molecular weight excluding hydrogens is 288 g/mol. The van der Waals surface area contributed by atoms with Gasteiger partial charge in [-0.25, -0.2) is 0 Å². The van der Waals surface area contributed by atoms with Crippen molar-refractivity contribution < 1.29 is 4.79 Å². The smallest absolute Gasteiger partial charge is 0.220 e. The van der Waals surface area contributed by atoms with E-state index in [0.717, 1.165) is 19.4 Å². The third kappa shape index (κ3) is 5.67. The fourth-order valence-electron chi connectivity index (χ4n) is 2.82. The average Bonchev–Trinajstić information content (AvgIpc) is 2.88. The number of piperidine rings is 1. The zero-order valence-corrected chi connectivity index (χ0v) is 13.5. The van der Waals surface area contributed by atoms with Gasteiger partial charge >= 0.3 is 0 Å². The molecule has 0 saturated carbocycles. The van der Waals surface area contributed by atoms with Gasteiger partial charge in [-0.2, -0.15) is 5.10 Å². The molecule has 21 heavy (non-hydrogen) atoms. The van der Waals surface area contributed by atoms with Crippen molar-refractivity contribution in [3.63, 3.8) is 0 Å². The number of nitrogens with one attached hydrogen (secondary N) is 1. The number of carbonyl (C=O) groups excluding carboxylic acids is 1. The molecule has 1 unspecified atom stereocenters. The van der Waals surface area contributed by atoms with E-state index in [9.17, 15) is 4.79 Å². The molecule has 6 heteroatoms. The monoisotopic (exact) mass is 312 g/mol. The highest BCUT2D eigenvalue weighted by atomic mass is 35.5. The van der Waals surface area contributed by atoms with Gasteiger partial charge in [0.05, 0.1) is 11.2 Å². The number of hydrogen-bond acceptors (Lipinski definition) is 3. The minimum Gasteiger partial charge on any atom is -0.356 e. The summed E-state index contributed by atoms with van der Waals surface area (Å²) in [6.45, 7) is 2.63. The Morgan fingerprint density at radius 3 is 3.10 bits per heavy atom. The molecule has 1 aromatic rings. The molecular formula is C15H25ClN4O. The summed E-state index contributed by atoms with van der Waals surface area (Å²) in [6.07, 6.45) is 9.69. The number of likely N-dealkylation sites (tertiary alicyclic amines) is 1. The molecule has 1 N–H and O–H groups in total. The van der Waals surface area contributed by atoms with E-state index in [1.165, 1.54) is 25.8 Å². The van der Waals surface area contributed by atoms with Crippen molar-refractivity contribution in [2.45, 2.75) is 51.1 Å². The minimum atomic E-state index is 0.160. The van der Waals surface area contributed by atoms with Gasteiger partial charge in [0.25, 0.3) is 0 Å². The van der Waals surface area contributed by atoms with Crippen LogP contribution in [0.15, 0.2) is 12.4 Å². The molecule has 1 aliphatic heterocycles. The van der Waals surface area contributed by atoms with Crippen molar-refractivity contribution in [3.8, 4) is 0 Å². The van der Waals surface area contributed by atoms with Gasteiger partial charge in [-0.15, -0.1) is 0 Å². The van der Waals surface area contributed by atoms with Crippen LogP contribution in [-0.2, 0) is 11.3 Å². The molecule has 118 valence electrons. The predicted molar refractivity (Wildman–Crippen MR) is 84.4 cm³/mol. The molecule has 0 spiro atoms. The Morgan fingerprint density at radius 1 is 1.52 bits per heavy atom. The fourth-order valence-corrected chi connectivity index (χ4v) is 2.98. The van der Waals surface area contributed by atoms with Crippen molar-refractivity contribution in [3.05, 3.63) is 17.4 Å². The Kier molecular flexibility index (Phi) is 6.51. The quantitative estimate of drug-likeness (QED) is 0.786. The van der Waals surface area contributed by atoms with Crippen LogP contribution in [0.5, 0.6) is 0 Å². The number of nitrogens with zero attached hydrogens (tertiary/aromatic N) is 3. The van der Waals surface area contributed by atoms with E-state index in [1.807, 2.05) is 0 Å². The molecule has 0 aromatic carbocycles. The summed E-state index contributed by atoms with van der Waals surface area (Å²) in [4.78, 5) is 14.2. The summed E-state index contributed by atoms with van der Waals surface area (Å²) in [5.74, 6) is 0.160. The number of amides is 1. The highest BCUT2D eigenvalue weighted by Gasteiger charge is 2.19. The van der Waals surface area contributed by atoms with Gasteiger partial charge in [0, 0.05) is 31.7 Å². The third-order valence-electron chi connectivity index (χ3n) is 4.11.